The van der Waals surface area contributed by atoms with Gasteiger partial charge in [0.2, 0.25) is 0 Å². The quantitative estimate of drug-likeness (QED) is 0.484. The highest BCUT2D eigenvalue weighted by Crippen LogP contribution is 1.97. The first-order valence-corrected chi connectivity index (χ1v) is 2.53. The van der Waals surface area contributed by atoms with Crippen molar-refractivity contribution in [2.24, 2.45) is 0 Å². The molecule has 0 aromatic heterocycles. The van der Waals surface area contributed by atoms with Crippen molar-refractivity contribution in [3.8, 4) is 0 Å². The molecule has 2 heteroatoms. The summed E-state index contributed by atoms with van der Waals surface area (Å²) in [6, 6.07) is 0. The van der Waals surface area contributed by atoms with Crippen LogP contribution in [0.2, 0.25) is 0 Å². The van der Waals surface area contributed by atoms with Gasteiger partial charge < -0.3 is 10.6 Å². The molecular formula is C5H10N2. The van der Waals surface area contributed by atoms with Crippen LogP contribution < -0.4 is 10.6 Å². The van der Waals surface area contributed by atoms with Crippen LogP contribution in [0.25, 0.3) is 0 Å². The van der Waals surface area contributed by atoms with Gasteiger partial charge in [-0.05, 0) is 0 Å². The Morgan fingerprint density at radius 2 is 2.71 bits per heavy atom. The molecule has 0 fully saturated rings. The van der Waals surface area contributed by atoms with Crippen LogP contribution in [0.4, 0.5) is 0 Å². The molecule has 0 spiro atoms. The van der Waals surface area contributed by atoms with Crippen molar-refractivity contribution >= 4 is 0 Å². The number of hydrogen-bond acceptors (Lipinski definition) is 2. The van der Waals surface area contributed by atoms with Gasteiger partial charge in [0.1, 0.15) is 0 Å². The molecule has 2 nitrogen and oxygen atoms in total. The van der Waals surface area contributed by atoms with Gasteiger partial charge in [0.25, 0.3) is 0 Å². The van der Waals surface area contributed by atoms with E-state index in [2.05, 4.69) is 10.6 Å². The summed E-state index contributed by atoms with van der Waals surface area (Å²) in [5, 5.41) is 6.16. The van der Waals surface area contributed by atoms with Gasteiger partial charge in [0.15, 0.2) is 0 Å². The molecule has 2 N–H and O–H groups in total. The Bertz CT molecular complexity index is 86.1. The maximum atomic E-state index is 3.10. The topological polar surface area (TPSA) is 24.1 Å². The highest BCUT2D eigenvalue weighted by atomic mass is 14.9. The van der Waals surface area contributed by atoms with Gasteiger partial charge in [-0.1, -0.05) is 0 Å². The van der Waals surface area contributed by atoms with Crippen molar-refractivity contribution in [2.45, 2.75) is 6.42 Å². The molecule has 40 valence electrons. The van der Waals surface area contributed by atoms with E-state index in [4.69, 9.17) is 0 Å². The average molecular weight is 98.1 g/mol. The van der Waals surface area contributed by atoms with Crippen molar-refractivity contribution in [2.75, 3.05) is 13.6 Å². The molecule has 0 aromatic carbocycles. The average Bonchev–Trinajstić information content (AvgIpc) is 2.14. The van der Waals surface area contributed by atoms with Crippen LogP contribution in [0.15, 0.2) is 11.9 Å². The van der Waals surface area contributed by atoms with E-state index in [0.717, 1.165) is 13.0 Å². The lowest BCUT2D eigenvalue weighted by atomic mass is 10.4. The number of nitrogens with one attached hydrogen (secondary N) is 2. The molecule has 0 saturated heterocycles. The highest BCUT2D eigenvalue weighted by Gasteiger charge is 1.97. The zero-order valence-electron chi connectivity index (χ0n) is 4.49. The normalized spacial score (nSPS) is 18.1. The van der Waals surface area contributed by atoms with E-state index in [9.17, 15) is 0 Å². The molecule has 0 aromatic rings. The van der Waals surface area contributed by atoms with Gasteiger partial charge in [-0.25, -0.2) is 0 Å². The van der Waals surface area contributed by atoms with E-state index in [1.165, 1.54) is 5.70 Å². The molecule has 1 rings (SSSR count). The predicted octanol–water partition coefficient (Wildman–Crippen LogP) is 0.0405. The first-order valence-electron chi connectivity index (χ1n) is 2.53. The van der Waals surface area contributed by atoms with Crippen LogP contribution in [0, 0.1) is 0 Å². The lowest BCUT2D eigenvalue weighted by molar-refractivity contribution is 0.863. The van der Waals surface area contributed by atoms with Crippen molar-refractivity contribution < 1.29 is 0 Å². The van der Waals surface area contributed by atoms with Gasteiger partial charge in [0.05, 0.1) is 0 Å². The van der Waals surface area contributed by atoms with Crippen LogP contribution in [0.3, 0.4) is 0 Å². The van der Waals surface area contributed by atoms with Gasteiger partial charge in [-0.15, -0.1) is 0 Å². The summed E-state index contributed by atoms with van der Waals surface area (Å²) in [5.74, 6) is 0. The van der Waals surface area contributed by atoms with Crippen LogP contribution in [-0.2, 0) is 0 Å². The smallest absolute Gasteiger partial charge is 0.0281 e. The monoisotopic (exact) mass is 98.1 g/mol. The lowest BCUT2D eigenvalue weighted by Crippen LogP contribution is -2.02. The molecule has 0 aliphatic carbocycles. The molecule has 0 amide bonds. The Labute approximate surface area is 43.6 Å². The second-order valence-electron chi connectivity index (χ2n) is 1.62. The van der Waals surface area contributed by atoms with E-state index in [0.29, 0.717) is 0 Å². The van der Waals surface area contributed by atoms with Crippen molar-refractivity contribution in [3.63, 3.8) is 0 Å². The standard InChI is InChI=1S/C5H10N2/c1-6-5-2-3-7-4-5/h4,6-7H,2-3H2,1H3. The first kappa shape index (κ1) is 4.50. The van der Waals surface area contributed by atoms with Crippen LogP contribution in [0.1, 0.15) is 6.42 Å². The van der Waals surface area contributed by atoms with Crippen LogP contribution in [0.5, 0.6) is 0 Å². The zero-order valence-corrected chi connectivity index (χ0v) is 4.49. The predicted molar refractivity (Wildman–Crippen MR) is 29.8 cm³/mol. The van der Waals surface area contributed by atoms with Crippen molar-refractivity contribution in [1.29, 1.82) is 0 Å². The third-order valence-electron chi connectivity index (χ3n) is 1.14. The maximum Gasteiger partial charge on any atom is 0.0281 e. The Hall–Kier alpha value is -0.660. The second kappa shape index (κ2) is 1.87. The second-order valence-corrected chi connectivity index (χ2v) is 1.62. The summed E-state index contributed by atoms with van der Waals surface area (Å²) in [6.45, 7) is 1.09. The van der Waals surface area contributed by atoms with Crippen molar-refractivity contribution in [3.05, 3.63) is 11.9 Å². The molecule has 0 unspecified atom stereocenters. The molecule has 0 atom stereocenters. The number of hydrogen-bond donors (Lipinski definition) is 2. The molecule has 1 aliphatic rings. The molecule has 0 radical (unpaired) electrons. The minimum absolute atomic E-state index is 1.09. The third-order valence-corrected chi connectivity index (χ3v) is 1.14. The minimum atomic E-state index is 1.09. The maximum absolute atomic E-state index is 3.10. The van der Waals surface area contributed by atoms with E-state index < -0.39 is 0 Å². The summed E-state index contributed by atoms with van der Waals surface area (Å²) < 4.78 is 0. The number of rotatable bonds is 1. The summed E-state index contributed by atoms with van der Waals surface area (Å²) in [4.78, 5) is 0. The largest absolute Gasteiger partial charge is 0.390 e. The molecule has 0 saturated carbocycles. The molecule has 1 heterocycles. The third kappa shape index (κ3) is 0.856. The fourth-order valence-corrected chi connectivity index (χ4v) is 0.672. The fraction of sp³-hybridized carbons (Fsp3) is 0.600. The lowest BCUT2D eigenvalue weighted by Gasteiger charge is -1.92. The Morgan fingerprint density at radius 1 is 1.86 bits per heavy atom. The van der Waals surface area contributed by atoms with Gasteiger partial charge in [0, 0.05) is 31.9 Å². The van der Waals surface area contributed by atoms with Crippen LogP contribution in [-0.4, -0.2) is 13.6 Å². The summed E-state index contributed by atoms with van der Waals surface area (Å²) in [6.07, 6.45) is 3.16. The molecular weight excluding hydrogens is 88.1 g/mol. The van der Waals surface area contributed by atoms with Gasteiger partial charge in [-0.2, -0.15) is 0 Å². The van der Waals surface area contributed by atoms with Gasteiger partial charge in [-0.3, -0.25) is 0 Å². The van der Waals surface area contributed by atoms with Crippen LogP contribution >= 0.6 is 0 Å². The van der Waals surface area contributed by atoms with Crippen molar-refractivity contribution in [1.82, 2.24) is 10.6 Å². The highest BCUT2D eigenvalue weighted by molar-refractivity contribution is 5.02. The minimum Gasteiger partial charge on any atom is -0.390 e. The van der Waals surface area contributed by atoms with Gasteiger partial charge >= 0.3 is 0 Å². The molecule has 7 heavy (non-hydrogen) atoms. The van der Waals surface area contributed by atoms with E-state index in [1.807, 2.05) is 13.2 Å². The van der Waals surface area contributed by atoms with E-state index >= 15 is 0 Å². The molecule has 0 bridgehead atoms. The Kier molecular flexibility index (Phi) is 1.20. The fourth-order valence-electron chi connectivity index (χ4n) is 0.672. The van der Waals surface area contributed by atoms with E-state index in [-0.39, 0.29) is 0 Å². The summed E-state index contributed by atoms with van der Waals surface area (Å²) in [5.41, 5.74) is 1.31. The van der Waals surface area contributed by atoms with E-state index in [1.54, 1.807) is 0 Å². The summed E-state index contributed by atoms with van der Waals surface area (Å²) >= 11 is 0. The SMILES string of the molecule is CNC1=CNCC1. The Balaban J connectivity index is 2.36. The molecule has 1 aliphatic heterocycles. The zero-order chi connectivity index (χ0) is 5.11. The Morgan fingerprint density at radius 3 is 3.00 bits per heavy atom. The summed E-state index contributed by atoms with van der Waals surface area (Å²) in [7, 11) is 1.94. The first-order chi connectivity index (χ1) is 3.43.